The minimum Gasteiger partial charge on any atom is -0.494 e. The highest BCUT2D eigenvalue weighted by molar-refractivity contribution is 7.92. The third-order valence-electron chi connectivity index (χ3n) is 2.10. The van der Waals surface area contributed by atoms with Crippen LogP contribution in [-0.4, -0.2) is 15.0 Å². The third kappa shape index (κ3) is 6.09. The van der Waals surface area contributed by atoms with Gasteiger partial charge in [-0.25, -0.2) is 13.6 Å². The first-order valence-corrected chi connectivity index (χ1v) is 7.06. The minimum atomic E-state index is -3.56. The Morgan fingerprint density at radius 3 is 2.47 bits per heavy atom. The number of ether oxygens (including phenoxy) is 1. The van der Waals surface area contributed by atoms with Crippen molar-refractivity contribution in [2.75, 3.05) is 6.61 Å². The van der Waals surface area contributed by atoms with Crippen LogP contribution in [0.5, 0.6) is 5.75 Å². The van der Waals surface area contributed by atoms with Gasteiger partial charge in [0.2, 0.25) is 10.0 Å². The second-order valence-electron chi connectivity index (χ2n) is 3.66. The lowest BCUT2D eigenvalue weighted by Crippen LogP contribution is -2.06. The fraction of sp³-hybridized carbons (Fsp3) is 0.333. The molecule has 2 N–H and O–H groups in total. The van der Waals surface area contributed by atoms with Crippen molar-refractivity contribution in [3.05, 3.63) is 35.2 Å². The molecule has 4 nitrogen and oxygen atoms in total. The Balaban J connectivity index is 2.59. The molecular formula is C12H17NO3S. The number of hydrogen-bond acceptors (Lipinski definition) is 3. The minimum absolute atomic E-state index is 0.697. The summed E-state index contributed by atoms with van der Waals surface area (Å²) in [6.07, 6.45) is 3.56. The van der Waals surface area contributed by atoms with Gasteiger partial charge in [0.05, 0.1) is 6.61 Å². The van der Waals surface area contributed by atoms with Crippen molar-refractivity contribution in [2.24, 2.45) is 5.14 Å². The molecule has 0 spiro atoms. The molecule has 0 aliphatic rings. The lowest BCUT2D eigenvalue weighted by atomic mass is 10.2. The number of rotatable bonds is 6. The van der Waals surface area contributed by atoms with Gasteiger partial charge in [-0.1, -0.05) is 25.5 Å². The van der Waals surface area contributed by atoms with Gasteiger partial charge >= 0.3 is 0 Å². The number of unbranched alkanes of at least 4 members (excludes halogenated alkanes) is 1. The highest BCUT2D eigenvalue weighted by atomic mass is 32.2. The van der Waals surface area contributed by atoms with Crippen molar-refractivity contribution in [1.82, 2.24) is 0 Å². The highest BCUT2D eigenvalue weighted by Gasteiger charge is 1.96. The van der Waals surface area contributed by atoms with Crippen molar-refractivity contribution in [3.63, 3.8) is 0 Å². The molecule has 0 aromatic heterocycles. The van der Waals surface area contributed by atoms with Crippen LogP contribution in [0.2, 0.25) is 0 Å². The molecule has 0 fully saturated rings. The van der Waals surface area contributed by atoms with E-state index in [-0.39, 0.29) is 0 Å². The predicted molar refractivity (Wildman–Crippen MR) is 69.0 cm³/mol. The number of benzene rings is 1. The maximum Gasteiger partial charge on any atom is 0.231 e. The molecule has 1 aromatic carbocycles. The van der Waals surface area contributed by atoms with E-state index in [9.17, 15) is 8.42 Å². The summed E-state index contributed by atoms with van der Waals surface area (Å²) in [6.45, 7) is 2.80. The van der Waals surface area contributed by atoms with Gasteiger partial charge in [-0.05, 0) is 30.2 Å². The molecule has 0 aliphatic heterocycles. The van der Waals surface area contributed by atoms with Crippen LogP contribution in [0.4, 0.5) is 0 Å². The van der Waals surface area contributed by atoms with Gasteiger partial charge in [0, 0.05) is 5.41 Å². The zero-order chi connectivity index (χ0) is 12.7. The Hall–Kier alpha value is -1.33. The Bertz CT molecular complexity index is 463. The van der Waals surface area contributed by atoms with Crippen LogP contribution in [-0.2, 0) is 10.0 Å². The fourth-order valence-corrected chi connectivity index (χ4v) is 1.53. The molecule has 17 heavy (non-hydrogen) atoms. The molecule has 1 aromatic rings. The van der Waals surface area contributed by atoms with Gasteiger partial charge in [0.25, 0.3) is 0 Å². The summed E-state index contributed by atoms with van der Waals surface area (Å²) in [4.78, 5) is 0. The van der Waals surface area contributed by atoms with E-state index < -0.39 is 10.0 Å². The highest BCUT2D eigenvalue weighted by Crippen LogP contribution is 2.13. The van der Waals surface area contributed by atoms with Gasteiger partial charge in [0.1, 0.15) is 5.75 Å². The van der Waals surface area contributed by atoms with E-state index in [4.69, 9.17) is 9.88 Å². The number of hydrogen-bond donors (Lipinski definition) is 1. The van der Waals surface area contributed by atoms with E-state index in [1.807, 2.05) is 0 Å². The predicted octanol–water partition coefficient (Wildman–Crippen LogP) is 2.12. The quantitative estimate of drug-likeness (QED) is 0.792. The van der Waals surface area contributed by atoms with Crippen molar-refractivity contribution in [3.8, 4) is 5.75 Å². The van der Waals surface area contributed by atoms with Crippen LogP contribution in [0.3, 0.4) is 0 Å². The summed E-state index contributed by atoms with van der Waals surface area (Å²) in [7, 11) is -3.56. The first kappa shape index (κ1) is 13.7. The van der Waals surface area contributed by atoms with E-state index >= 15 is 0 Å². The summed E-state index contributed by atoms with van der Waals surface area (Å²) >= 11 is 0. The second kappa shape index (κ2) is 6.42. The molecule has 0 saturated carbocycles. The Morgan fingerprint density at radius 2 is 1.94 bits per heavy atom. The van der Waals surface area contributed by atoms with Crippen LogP contribution in [0.15, 0.2) is 29.7 Å². The fourth-order valence-electron chi connectivity index (χ4n) is 1.18. The average molecular weight is 255 g/mol. The molecule has 0 bridgehead atoms. The second-order valence-corrected chi connectivity index (χ2v) is 5.11. The molecule has 0 atom stereocenters. The molecule has 0 amide bonds. The lowest BCUT2D eigenvalue weighted by molar-refractivity contribution is 0.309. The van der Waals surface area contributed by atoms with E-state index in [2.05, 4.69) is 6.92 Å². The SMILES string of the molecule is CCCCOc1ccc(C=CS(N)(=O)=O)cc1. The number of sulfonamides is 1. The van der Waals surface area contributed by atoms with Crippen molar-refractivity contribution in [1.29, 1.82) is 0 Å². The van der Waals surface area contributed by atoms with E-state index in [0.717, 1.165) is 29.6 Å². The van der Waals surface area contributed by atoms with Gasteiger partial charge in [0.15, 0.2) is 0 Å². The molecule has 1 rings (SSSR count). The van der Waals surface area contributed by atoms with Crippen LogP contribution < -0.4 is 9.88 Å². The maximum absolute atomic E-state index is 10.7. The van der Waals surface area contributed by atoms with Crippen LogP contribution in [0, 0.1) is 0 Å². The van der Waals surface area contributed by atoms with Crippen LogP contribution in [0.25, 0.3) is 6.08 Å². The molecule has 94 valence electrons. The van der Waals surface area contributed by atoms with Crippen molar-refractivity contribution in [2.45, 2.75) is 19.8 Å². The summed E-state index contributed by atoms with van der Waals surface area (Å²) in [5.74, 6) is 0.784. The first-order chi connectivity index (χ1) is 8.01. The monoisotopic (exact) mass is 255 g/mol. The first-order valence-electron chi connectivity index (χ1n) is 5.45. The zero-order valence-electron chi connectivity index (χ0n) is 9.80. The van der Waals surface area contributed by atoms with E-state index in [1.165, 1.54) is 6.08 Å². The Labute approximate surface area is 102 Å². The standard InChI is InChI=1S/C12H17NO3S/c1-2-3-9-16-12-6-4-11(5-7-12)8-10-17(13,14)15/h4-8,10H,2-3,9H2,1H3,(H2,13,14,15). The third-order valence-corrected chi connectivity index (χ3v) is 2.61. The van der Waals surface area contributed by atoms with Gasteiger partial charge in [-0.15, -0.1) is 0 Å². The number of primary sulfonamides is 1. The molecule has 5 heteroatoms. The summed E-state index contributed by atoms with van der Waals surface area (Å²) < 4.78 is 26.9. The number of nitrogens with two attached hydrogens (primary N) is 1. The summed E-state index contributed by atoms with van der Waals surface area (Å²) in [5.41, 5.74) is 0.766. The topological polar surface area (TPSA) is 69.4 Å². The van der Waals surface area contributed by atoms with Gasteiger partial charge < -0.3 is 4.74 Å². The molecule has 0 heterocycles. The van der Waals surface area contributed by atoms with Gasteiger partial charge in [-0.3, -0.25) is 0 Å². The average Bonchev–Trinajstić information content (AvgIpc) is 2.27. The van der Waals surface area contributed by atoms with Crippen molar-refractivity contribution >= 4 is 16.1 Å². The summed E-state index contributed by atoms with van der Waals surface area (Å²) in [6, 6.07) is 7.17. The van der Waals surface area contributed by atoms with Crippen LogP contribution in [0.1, 0.15) is 25.3 Å². The van der Waals surface area contributed by atoms with Gasteiger partial charge in [-0.2, -0.15) is 0 Å². The molecule has 0 aliphatic carbocycles. The Kier molecular flexibility index (Phi) is 5.18. The molecular weight excluding hydrogens is 238 g/mol. The smallest absolute Gasteiger partial charge is 0.231 e. The zero-order valence-corrected chi connectivity index (χ0v) is 10.6. The Morgan fingerprint density at radius 1 is 1.29 bits per heavy atom. The largest absolute Gasteiger partial charge is 0.494 e. The molecule has 0 saturated heterocycles. The maximum atomic E-state index is 10.7. The van der Waals surface area contributed by atoms with Crippen LogP contribution >= 0.6 is 0 Å². The molecule has 0 unspecified atom stereocenters. The van der Waals surface area contributed by atoms with E-state index in [0.29, 0.717) is 6.61 Å². The normalized spacial score (nSPS) is 11.9. The molecule has 0 radical (unpaired) electrons. The van der Waals surface area contributed by atoms with Crippen molar-refractivity contribution < 1.29 is 13.2 Å². The summed E-state index contributed by atoms with van der Waals surface area (Å²) in [5, 5.41) is 5.83. The lowest BCUT2D eigenvalue weighted by Gasteiger charge is -2.04. The van der Waals surface area contributed by atoms with E-state index in [1.54, 1.807) is 24.3 Å².